The first-order valence-electron chi connectivity index (χ1n) is 9.58. The molecule has 3 rings (SSSR count). The van der Waals surface area contributed by atoms with Crippen molar-refractivity contribution in [3.8, 4) is 11.3 Å². The van der Waals surface area contributed by atoms with Crippen molar-refractivity contribution in [3.63, 3.8) is 0 Å². The second-order valence-corrected chi connectivity index (χ2v) is 7.40. The van der Waals surface area contributed by atoms with Gasteiger partial charge in [-0.15, -0.1) is 0 Å². The van der Waals surface area contributed by atoms with Gasteiger partial charge in [0.05, 0.1) is 25.5 Å². The summed E-state index contributed by atoms with van der Waals surface area (Å²) in [6.45, 7) is 1.32. The third-order valence-electron chi connectivity index (χ3n) is 4.55. The first-order chi connectivity index (χ1) is 14.9. The Morgan fingerprint density at radius 1 is 1.16 bits per heavy atom. The molecule has 1 aromatic heterocycles. The summed E-state index contributed by atoms with van der Waals surface area (Å²) >= 11 is 5.98. The van der Waals surface area contributed by atoms with E-state index in [0.717, 1.165) is 6.20 Å². The molecule has 0 aliphatic rings. The number of rotatable bonds is 8. The van der Waals surface area contributed by atoms with Crippen molar-refractivity contribution in [1.29, 1.82) is 0 Å². The lowest BCUT2D eigenvalue weighted by molar-refractivity contribution is 0.0916. The highest BCUT2D eigenvalue weighted by Gasteiger charge is 2.16. The van der Waals surface area contributed by atoms with Gasteiger partial charge in [-0.2, -0.15) is 0 Å². The minimum absolute atomic E-state index is 0.0711. The van der Waals surface area contributed by atoms with Crippen LogP contribution in [0.5, 0.6) is 0 Å². The minimum atomic E-state index is -0.618. The summed E-state index contributed by atoms with van der Waals surface area (Å²) in [5, 5.41) is 24.9. The fourth-order valence-electron chi connectivity index (χ4n) is 2.88. The van der Waals surface area contributed by atoms with Gasteiger partial charge in [0.2, 0.25) is 5.95 Å². The number of amides is 1. The molecule has 3 aromatic rings. The SMILES string of the molecule is C[C@@H](CO)Nc1ncc(F)c(-c2ccc(C(=O)NC(CO)c3cccc(Cl)c3)cc2)n1. The van der Waals surface area contributed by atoms with E-state index in [0.29, 0.717) is 21.7 Å². The monoisotopic (exact) mass is 444 g/mol. The van der Waals surface area contributed by atoms with E-state index in [1.54, 1.807) is 55.5 Å². The molecule has 31 heavy (non-hydrogen) atoms. The van der Waals surface area contributed by atoms with Crippen LogP contribution in [-0.2, 0) is 0 Å². The summed E-state index contributed by atoms with van der Waals surface area (Å²) in [7, 11) is 0. The second kappa shape index (κ2) is 10.3. The molecule has 1 heterocycles. The Hall–Kier alpha value is -3.07. The molecule has 0 spiro atoms. The summed E-state index contributed by atoms with van der Waals surface area (Å²) < 4.78 is 14.3. The van der Waals surface area contributed by atoms with Gasteiger partial charge in [-0.05, 0) is 36.8 Å². The summed E-state index contributed by atoms with van der Waals surface area (Å²) in [6.07, 6.45) is 1.05. The highest BCUT2D eigenvalue weighted by atomic mass is 35.5. The lowest BCUT2D eigenvalue weighted by Crippen LogP contribution is -2.30. The summed E-state index contributed by atoms with van der Waals surface area (Å²) in [4.78, 5) is 20.6. The van der Waals surface area contributed by atoms with Crippen LogP contribution < -0.4 is 10.6 Å². The fourth-order valence-corrected chi connectivity index (χ4v) is 3.08. The Labute approximate surface area is 183 Å². The molecule has 0 saturated carbocycles. The smallest absolute Gasteiger partial charge is 0.251 e. The quantitative estimate of drug-likeness (QED) is 0.425. The summed E-state index contributed by atoms with van der Waals surface area (Å²) in [5.41, 5.74) is 1.55. The van der Waals surface area contributed by atoms with Gasteiger partial charge in [-0.25, -0.2) is 14.4 Å². The molecule has 0 aliphatic carbocycles. The van der Waals surface area contributed by atoms with Crippen molar-refractivity contribution in [1.82, 2.24) is 15.3 Å². The number of hydrogen-bond donors (Lipinski definition) is 4. The number of halogens is 2. The summed E-state index contributed by atoms with van der Waals surface area (Å²) in [5.74, 6) is -0.819. The maximum atomic E-state index is 14.3. The van der Waals surface area contributed by atoms with Crippen LogP contribution in [0, 0.1) is 5.82 Å². The first-order valence-corrected chi connectivity index (χ1v) is 9.96. The lowest BCUT2D eigenvalue weighted by atomic mass is 10.1. The van der Waals surface area contributed by atoms with Crippen LogP contribution in [0.25, 0.3) is 11.3 Å². The Morgan fingerprint density at radius 2 is 1.90 bits per heavy atom. The minimum Gasteiger partial charge on any atom is -0.394 e. The van der Waals surface area contributed by atoms with E-state index in [2.05, 4.69) is 20.6 Å². The van der Waals surface area contributed by atoms with Crippen molar-refractivity contribution in [3.05, 3.63) is 76.7 Å². The molecular formula is C22H22ClFN4O3. The maximum Gasteiger partial charge on any atom is 0.251 e. The van der Waals surface area contributed by atoms with Crippen LogP contribution >= 0.6 is 11.6 Å². The Kier molecular flexibility index (Phi) is 7.51. The first kappa shape index (κ1) is 22.6. The number of aromatic nitrogens is 2. The predicted octanol–water partition coefficient (Wildman–Crippen LogP) is 3.19. The van der Waals surface area contributed by atoms with E-state index in [9.17, 15) is 14.3 Å². The Bertz CT molecular complexity index is 1050. The van der Waals surface area contributed by atoms with Gasteiger partial charge in [-0.1, -0.05) is 35.9 Å². The molecule has 4 N–H and O–H groups in total. The maximum absolute atomic E-state index is 14.3. The Balaban J connectivity index is 1.76. The third-order valence-corrected chi connectivity index (χ3v) is 4.79. The number of aliphatic hydroxyl groups excluding tert-OH is 2. The van der Waals surface area contributed by atoms with Gasteiger partial charge in [0.1, 0.15) is 5.69 Å². The van der Waals surface area contributed by atoms with Crippen molar-refractivity contribution in [2.75, 3.05) is 18.5 Å². The average molecular weight is 445 g/mol. The van der Waals surface area contributed by atoms with E-state index in [1.807, 2.05) is 0 Å². The number of hydrogen-bond acceptors (Lipinski definition) is 6. The van der Waals surface area contributed by atoms with Crippen LogP contribution in [-0.4, -0.2) is 45.3 Å². The molecule has 0 fully saturated rings. The molecule has 1 unspecified atom stereocenters. The van der Waals surface area contributed by atoms with E-state index in [-0.39, 0.29) is 30.9 Å². The highest BCUT2D eigenvalue weighted by molar-refractivity contribution is 6.30. The molecule has 0 radical (unpaired) electrons. The molecule has 2 aromatic carbocycles. The van der Waals surface area contributed by atoms with Crippen molar-refractivity contribution in [2.24, 2.45) is 0 Å². The van der Waals surface area contributed by atoms with E-state index >= 15 is 0 Å². The van der Waals surface area contributed by atoms with E-state index < -0.39 is 17.8 Å². The number of aliphatic hydroxyl groups is 2. The molecule has 7 nitrogen and oxygen atoms in total. The number of benzene rings is 2. The molecular weight excluding hydrogens is 423 g/mol. The topological polar surface area (TPSA) is 107 Å². The van der Waals surface area contributed by atoms with Gasteiger partial charge in [-0.3, -0.25) is 4.79 Å². The second-order valence-electron chi connectivity index (χ2n) is 6.96. The van der Waals surface area contributed by atoms with Gasteiger partial charge < -0.3 is 20.8 Å². The largest absolute Gasteiger partial charge is 0.394 e. The Morgan fingerprint density at radius 3 is 2.55 bits per heavy atom. The normalized spacial score (nSPS) is 12.8. The van der Waals surface area contributed by atoms with E-state index in [1.165, 1.54) is 0 Å². The van der Waals surface area contributed by atoms with Gasteiger partial charge in [0, 0.05) is 22.2 Å². The predicted molar refractivity (Wildman–Crippen MR) is 116 cm³/mol. The zero-order valence-electron chi connectivity index (χ0n) is 16.7. The van der Waals surface area contributed by atoms with Crippen LogP contribution in [0.2, 0.25) is 5.02 Å². The average Bonchev–Trinajstić information content (AvgIpc) is 2.78. The molecule has 2 atom stereocenters. The van der Waals surface area contributed by atoms with Gasteiger partial charge in [0.25, 0.3) is 5.91 Å². The van der Waals surface area contributed by atoms with Gasteiger partial charge >= 0.3 is 0 Å². The number of anilines is 1. The zero-order chi connectivity index (χ0) is 22.4. The van der Waals surface area contributed by atoms with Gasteiger partial charge in [0.15, 0.2) is 5.82 Å². The molecule has 0 saturated heterocycles. The highest BCUT2D eigenvalue weighted by Crippen LogP contribution is 2.23. The molecule has 1 amide bonds. The lowest BCUT2D eigenvalue weighted by Gasteiger charge is -2.17. The number of carbonyl (C=O) groups excluding carboxylic acids is 1. The zero-order valence-corrected chi connectivity index (χ0v) is 17.5. The number of nitrogens with zero attached hydrogens (tertiary/aromatic N) is 2. The van der Waals surface area contributed by atoms with E-state index in [4.69, 9.17) is 16.7 Å². The van der Waals surface area contributed by atoms with Crippen LogP contribution in [0.4, 0.5) is 10.3 Å². The van der Waals surface area contributed by atoms with Crippen LogP contribution in [0.15, 0.2) is 54.7 Å². The number of carbonyl (C=O) groups is 1. The van der Waals surface area contributed by atoms with Crippen LogP contribution in [0.3, 0.4) is 0 Å². The fraction of sp³-hybridized carbons (Fsp3) is 0.227. The molecule has 0 bridgehead atoms. The molecule has 0 aliphatic heterocycles. The van der Waals surface area contributed by atoms with Crippen LogP contribution in [0.1, 0.15) is 28.9 Å². The third kappa shape index (κ3) is 5.75. The van der Waals surface area contributed by atoms with Crippen molar-refractivity contribution >= 4 is 23.5 Å². The number of nitrogens with one attached hydrogen (secondary N) is 2. The van der Waals surface area contributed by atoms with Crippen molar-refractivity contribution in [2.45, 2.75) is 19.0 Å². The summed E-state index contributed by atoms with van der Waals surface area (Å²) in [6, 6.07) is 12.2. The molecule has 162 valence electrons. The van der Waals surface area contributed by atoms with Crippen molar-refractivity contribution < 1.29 is 19.4 Å². The molecule has 9 heteroatoms. The standard InChI is InChI=1S/C22H22ClFN4O3/c1-13(11-29)26-22-25-10-18(24)20(28-22)14-5-7-15(8-6-14)21(31)27-19(12-30)16-3-2-4-17(23)9-16/h2-10,13,19,29-30H,11-12H2,1H3,(H,27,31)(H,25,26,28)/t13-,19?/m0/s1.